The third kappa shape index (κ3) is 3.19. The van der Waals surface area contributed by atoms with Gasteiger partial charge in [0.1, 0.15) is 5.75 Å². The van der Waals surface area contributed by atoms with Crippen LogP contribution in [0.1, 0.15) is 6.92 Å². The SMILES string of the molecule is C[C@H](Oc1ccccc1)C(=O)Nc1nc2c(ccc3ccccc32)s1. The summed E-state index contributed by atoms with van der Waals surface area (Å²) in [5, 5.41) is 5.67. The maximum Gasteiger partial charge on any atom is 0.266 e. The highest BCUT2D eigenvalue weighted by molar-refractivity contribution is 7.22. The molecule has 0 radical (unpaired) electrons. The zero-order valence-corrected chi connectivity index (χ0v) is 14.4. The summed E-state index contributed by atoms with van der Waals surface area (Å²) in [5.74, 6) is 0.452. The maximum absolute atomic E-state index is 12.4. The number of nitrogens with zero attached hydrogens (tertiary/aromatic N) is 1. The third-order valence-corrected chi connectivity index (χ3v) is 4.88. The maximum atomic E-state index is 12.4. The number of amides is 1. The van der Waals surface area contributed by atoms with Crippen molar-refractivity contribution < 1.29 is 9.53 Å². The molecule has 4 aromatic rings. The molecule has 1 atom stereocenters. The van der Waals surface area contributed by atoms with E-state index in [0.717, 1.165) is 21.0 Å². The summed E-state index contributed by atoms with van der Waals surface area (Å²) in [5.41, 5.74) is 0.912. The van der Waals surface area contributed by atoms with Crippen LogP contribution in [0, 0.1) is 0 Å². The summed E-state index contributed by atoms with van der Waals surface area (Å²) in [4.78, 5) is 17.0. The summed E-state index contributed by atoms with van der Waals surface area (Å²) >= 11 is 1.47. The third-order valence-electron chi connectivity index (χ3n) is 3.94. The van der Waals surface area contributed by atoms with E-state index in [2.05, 4.69) is 22.4 Å². The van der Waals surface area contributed by atoms with Crippen LogP contribution in [0.15, 0.2) is 66.7 Å². The molecule has 0 saturated heterocycles. The first-order valence-corrected chi connectivity index (χ1v) is 8.83. The largest absolute Gasteiger partial charge is 0.481 e. The first-order chi connectivity index (χ1) is 12.2. The topological polar surface area (TPSA) is 51.2 Å². The number of nitrogens with one attached hydrogen (secondary N) is 1. The second kappa shape index (κ2) is 6.53. The second-order valence-electron chi connectivity index (χ2n) is 5.71. The zero-order valence-electron chi connectivity index (χ0n) is 13.6. The number of benzene rings is 3. The molecule has 1 aromatic heterocycles. The van der Waals surface area contributed by atoms with Gasteiger partial charge in [0.15, 0.2) is 11.2 Å². The number of thiazole rings is 1. The van der Waals surface area contributed by atoms with Crippen molar-refractivity contribution in [3.05, 3.63) is 66.7 Å². The van der Waals surface area contributed by atoms with Crippen LogP contribution in [0.4, 0.5) is 5.13 Å². The molecule has 4 nitrogen and oxygen atoms in total. The number of hydrogen-bond donors (Lipinski definition) is 1. The molecule has 0 bridgehead atoms. The van der Waals surface area contributed by atoms with E-state index in [-0.39, 0.29) is 5.91 Å². The molecule has 124 valence electrons. The average Bonchev–Trinajstić information content (AvgIpc) is 3.05. The summed E-state index contributed by atoms with van der Waals surface area (Å²) in [6.07, 6.45) is -0.605. The van der Waals surface area contributed by atoms with Gasteiger partial charge in [-0.05, 0) is 30.5 Å². The standard InChI is InChI=1S/C20H16N2O2S/c1-13(24-15-8-3-2-4-9-15)19(23)22-20-21-18-16-10-6-5-7-14(16)11-12-17(18)25-20/h2-13H,1H3,(H,21,22,23)/t13-/m0/s1. The van der Waals surface area contributed by atoms with Gasteiger partial charge < -0.3 is 4.74 Å². The van der Waals surface area contributed by atoms with Crippen LogP contribution in [0.3, 0.4) is 0 Å². The lowest BCUT2D eigenvalue weighted by Gasteiger charge is -2.13. The van der Waals surface area contributed by atoms with Gasteiger partial charge in [-0.15, -0.1) is 0 Å². The minimum Gasteiger partial charge on any atom is -0.481 e. The molecule has 0 aliphatic rings. The monoisotopic (exact) mass is 348 g/mol. The Morgan fingerprint density at radius 2 is 1.80 bits per heavy atom. The highest BCUT2D eigenvalue weighted by Gasteiger charge is 2.17. The fourth-order valence-corrected chi connectivity index (χ4v) is 3.56. The highest BCUT2D eigenvalue weighted by Crippen LogP contribution is 2.31. The van der Waals surface area contributed by atoms with Crippen molar-refractivity contribution in [2.45, 2.75) is 13.0 Å². The van der Waals surface area contributed by atoms with E-state index < -0.39 is 6.10 Å². The molecule has 0 aliphatic carbocycles. The van der Waals surface area contributed by atoms with Gasteiger partial charge in [0.2, 0.25) is 0 Å². The summed E-state index contributed by atoms with van der Waals surface area (Å²) in [6, 6.07) is 21.5. The molecule has 1 heterocycles. The van der Waals surface area contributed by atoms with E-state index in [1.54, 1.807) is 6.92 Å². The number of rotatable bonds is 4. The lowest BCUT2D eigenvalue weighted by atomic mass is 10.1. The van der Waals surface area contributed by atoms with Crippen molar-refractivity contribution in [3.63, 3.8) is 0 Å². The predicted molar refractivity (Wildman–Crippen MR) is 102 cm³/mol. The Kier molecular flexibility index (Phi) is 4.07. The zero-order chi connectivity index (χ0) is 17.2. The normalized spacial score (nSPS) is 12.2. The van der Waals surface area contributed by atoms with Gasteiger partial charge in [0.05, 0.1) is 10.2 Å². The van der Waals surface area contributed by atoms with Gasteiger partial charge >= 0.3 is 0 Å². The van der Waals surface area contributed by atoms with Crippen LogP contribution < -0.4 is 10.1 Å². The van der Waals surface area contributed by atoms with Gasteiger partial charge in [-0.3, -0.25) is 10.1 Å². The average molecular weight is 348 g/mol. The lowest BCUT2D eigenvalue weighted by molar-refractivity contribution is -0.122. The van der Waals surface area contributed by atoms with Crippen LogP contribution in [0.2, 0.25) is 0 Å². The highest BCUT2D eigenvalue weighted by atomic mass is 32.1. The van der Waals surface area contributed by atoms with E-state index in [9.17, 15) is 4.79 Å². The molecule has 0 fully saturated rings. The fourth-order valence-electron chi connectivity index (χ4n) is 2.68. The Morgan fingerprint density at radius 3 is 2.64 bits per heavy atom. The Labute approximate surface area is 149 Å². The Bertz CT molecular complexity index is 1040. The van der Waals surface area contributed by atoms with E-state index in [1.807, 2.05) is 54.6 Å². The van der Waals surface area contributed by atoms with E-state index >= 15 is 0 Å². The quantitative estimate of drug-likeness (QED) is 0.573. The van der Waals surface area contributed by atoms with Crippen molar-refractivity contribution >= 4 is 43.4 Å². The molecular weight excluding hydrogens is 332 g/mol. The Balaban J connectivity index is 1.56. The van der Waals surface area contributed by atoms with E-state index in [0.29, 0.717) is 10.9 Å². The van der Waals surface area contributed by atoms with Crippen molar-refractivity contribution in [2.75, 3.05) is 5.32 Å². The van der Waals surface area contributed by atoms with Crippen LogP contribution in [0.5, 0.6) is 5.75 Å². The number of ether oxygens (including phenoxy) is 1. The fraction of sp³-hybridized carbons (Fsp3) is 0.100. The molecule has 1 N–H and O–H groups in total. The Hall–Kier alpha value is -2.92. The molecule has 3 aromatic carbocycles. The van der Waals surface area contributed by atoms with Crippen molar-refractivity contribution in [1.82, 2.24) is 4.98 Å². The number of carbonyl (C=O) groups is 1. The second-order valence-corrected chi connectivity index (χ2v) is 6.75. The van der Waals surface area contributed by atoms with Crippen molar-refractivity contribution in [1.29, 1.82) is 0 Å². The minimum absolute atomic E-state index is 0.216. The summed E-state index contributed by atoms with van der Waals surface area (Å²) < 4.78 is 6.70. The van der Waals surface area contributed by atoms with Crippen LogP contribution in [-0.2, 0) is 4.79 Å². The van der Waals surface area contributed by atoms with Crippen molar-refractivity contribution in [3.8, 4) is 5.75 Å². The molecule has 0 spiro atoms. The molecule has 25 heavy (non-hydrogen) atoms. The minimum atomic E-state index is -0.605. The first-order valence-electron chi connectivity index (χ1n) is 8.01. The summed E-state index contributed by atoms with van der Waals surface area (Å²) in [6.45, 7) is 1.73. The van der Waals surface area contributed by atoms with Crippen LogP contribution in [0.25, 0.3) is 21.0 Å². The summed E-state index contributed by atoms with van der Waals surface area (Å²) in [7, 11) is 0. The number of hydrogen-bond acceptors (Lipinski definition) is 4. The van der Waals surface area contributed by atoms with Gasteiger partial charge in [-0.2, -0.15) is 0 Å². The predicted octanol–water partition coefficient (Wildman–Crippen LogP) is 4.86. The van der Waals surface area contributed by atoms with Gasteiger partial charge in [0.25, 0.3) is 5.91 Å². The van der Waals surface area contributed by atoms with Gasteiger partial charge in [-0.25, -0.2) is 4.98 Å². The number of carbonyl (C=O) groups excluding carboxylic acids is 1. The molecule has 4 rings (SSSR count). The van der Waals surface area contributed by atoms with Gasteiger partial charge in [-0.1, -0.05) is 59.9 Å². The van der Waals surface area contributed by atoms with Crippen molar-refractivity contribution in [2.24, 2.45) is 0 Å². The number of para-hydroxylation sites is 1. The smallest absolute Gasteiger partial charge is 0.266 e. The molecule has 0 aliphatic heterocycles. The molecule has 1 amide bonds. The number of anilines is 1. The first kappa shape index (κ1) is 15.6. The van der Waals surface area contributed by atoms with E-state index in [4.69, 9.17) is 4.74 Å². The number of fused-ring (bicyclic) bond motifs is 3. The molecule has 0 saturated carbocycles. The van der Waals surface area contributed by atoms with Crippen LogP contribution in [-0.4, -0.2) is 17.0 Å². The van der Waals surface area contributed by atoms with Crippen LogP contribution >= 0.6 is 11.3 Å². The molecule has 5 heteroatoms. The number of aromatic nitrogens is 1. The molecule has 0 unspecified atom stereocenters. The van der Waals surface area contributed by atoms with E-state index in [1.165, 1.54) is 11.3 Å². The lowest BCUT2D eigenvalue weighted by Crippen LogP contribution is -2.30. The molecular formula is C20H16N2O2S. The Morgan fingerprint density at radius 1 is 1.04 bits per heavy atom. The van der Waals surface area contributed by atoms with Gasteiger partial charge in [0, 0.05) is 5.39 Å².